The van der Waals surface area contributed by atoms with E-state index in [0.29, 0.717) is 38.4 Å². The fourth-order valence-corrected chi connectivity index (χ4v) is 7.37. The standard InChI is InChI=1S/C36H42N4O3.C2HF3O2/c41-33(24-36(28-12-4-1-5-13-28,29-14-6-2-7-15-29)30-16-8-3-9-17-30)39-22-11-19-32(39)35(43)40-23-10-18-31(40)34(42)38-26-27-20-21-37-25-27;3-2(4,5)1(6)7/h1-9,12-17,27,31-32,37H,10-11,18-26H2,(H,38,42);(H,6,7)/t27?,31-,32+;/m1./s1. The quantitative estimate of drug-likeness (QED) is 0.279. The van der Waals surface area contributed by atoms with Gasteiger partial charge in [0.15, 0.2) is 0 Å². The summed E-state index contributed by atoms with van der Waals surface area (Å²) >= 11 is 0. The molecule has 3 aliphatic heterocycles. The Morgan fingerprint density at radius 2 is 1.22 bits per heavy atom. The Morgan fingerprint density at radius 3 is 1.68 bits per heavy atom. The van der Waals surface area contributed by atoms with Crippen LogP contribution in [0.3, 0.4) is 0 Å². The van der Waals surface area contributed by atoms with Gasteiger partial charge >= 0.3 is 12.1 Å². The van der Waals surface area contributed by atoms with Crippen molar-refractivity contribution in [3.05, 3.63) is 108 Å². The second-order valence-corrected chi connectivity index (χ2v) is 13.0. The van der Waals surface area contributed by atoms with Crippen LogP contribution >= 0.6 is 0 Å². The zero-order valence-corrected chi connectivity index (χ0v) is 27.8. The molecule has 9 nitrogen and oxygen atoms in total. The van der Waals surface area contributed by atoms with Crippen LogP contribution in [0.5, 0.6) is 0 Å². The van der Waals surface area contributed by atoms with E-state index in [1.54, 1.807) is 9.80 Å². The lowest BCUT2D eigenvalue weighted by Gasteiger charge is -2.38. The van der Waals surface area contributed by atoms with Crippen LogP contribution in [-0.2, 0) is 24.6 Å². The number of likely N-dealkylation sites (tertiary alicyclic amines) is 2. The average molecular weight is 693 g/mol. The van der Waals surface area contributed by atoms with E-state index < -0.39 is 29.6 Å². The number of nitrogens with one attached hydrogen (secondary N) is 2. The van der Waals surface area contributed by atoms with Crippen molar-refractivity contribution in [2.45, 2.75) is 62.2 Å². The number of carboxylic acids is 1. The average Bonchev–Trinajstić information content (AvgIpc) is 3.93. The lowest BCUT2D eigenvalue weighted by Crippen LogP contribution is -2.53. The minimum Gasteiger partial charge on any atom is -0.475 e. The van der Waals surface area contributed by atoms with Crippen molar-refractivity contribution >= 4 is 23.7 Å². The van der Waals surface area contributed by atoms with Crippen LogP contribution in [0, 0.1) is 5.92 Å². The fourth-order valence-electron chi connectivity index (χ4n) is 7.37. The SMILES string of the molecule is O=C(NCC1CCNC1)[C@H]1CCCN1C(=O)[C@@H]1CCCN1C(=O)CC(c1ccccc1)(c1ccccc1)c1ccccc1.O=C(O)C(F)(F)F. The minimum absolute atomic E-state index is 0.0404. The normalized spacial score (nSPS) is 20.6. The van der Waals surface area contributed by atoms with Crippen LogP contribution in [0.1, 0.15) is 55.2 Å². The van der Waals surface area contributed by atoms with Crippen molar-refractivity contribution in [1.82, 2.24) is 20.4 Å². The molecule has 3 atom stereocenters. The second kappa shape index (κ2) is 16.3. The molecule has 0 radical (unpaired) electrons. The Labute approximate surface area is 289 Å². The van der Waals surface area contributed by atoms with Crippen LogP contribution < -0.4 is 10.6 Å². The molecule has 3 fully saturated rings. The topological polar surface area (TPSA) is 119 Å². The Kier molecular flexibility index (Phi) is 11.9. The molecule has 3 N–H and O–H groups in total. The van der Waals surface area contributed by atoms with Crippen molar-refractivity contribution in [3.8, 4) is 0 Å². The fraction of sp³-hybridized carbons (Fsp3) is 0.421. The Bertz CT molecular complexity index is 1500. The zero-order chi connectivity index (χ0) is 35.7. The highest BCUT2D eigenvalue weighted by molar-refractivity contribution is 5.93. The van der Waals surface area contributed by atoms with Gasteiger partial charge < -0.3 is 25.5 Å². The lowest BCUT2D eigenvalue weighted by atomic mass is 9.67. The first kappa shape index (κ1) is 36.6. The molecule has 0 bridgehead atoms. The molecule has 3 amide bonds. The smallest absolute Gasteiger partial charge is 0.475 e. The summed E-state index contributed by atoms with van der Waals surface area (Å²) in [5.41, 5.74) is 2.40. The van der Waals surface area contributed by atoms with Gasteiger partial charge in [0.1, 0.15) is 12.1 Å². The number of carboxylic acid groups (broad SMARTS) is 1. The maximum atomic E-state index is 14.4. The van der Waals surface area contributed by atoms with E-state index >= 15 is 0 Å². The first-order valence-electron chi connectivity index (χ1n) is 17.1. The molecular weight excluding hydrogens is 649 g/mol. The summed E-state index contributed by atoms with van der Waals surface area (Å²) in [6, 6.07) is 29.6. The maximum absolute atomic E-state index is 14.4. The van der Waals surface area contributed by atoms with Gasteiger partial charge in [-0.2, -0.15) is 13.2 Å². The summed E-state index contributed by atoms with van der Waals surface area (Å²) in [6.45, 7) is 3.65. The number of hydrogen-bond acceptors (Lipinski definition) is 5. The summed E-state index contributed by atoms with van der Waals surface area (Å²) in [4.78, 5) is 54.1. The van der Waals surface area contributed by atoms with Crippen LogP contribution in [-0.4, -0.2) is 89.6 Å². The molecule has 0 saturated carbocycles. The molecule has 0 spiro atoms. The summed E-state index contributed by atoms with van der Waals surface area (Å²) in [5, 5.41) is 13.6. The van der Waals surface area contributed by atoms with E-state index in [4.69, 9.17) is 9.90 Å². The van der Waals surface area contributed by atoms with E-state index in [2.05, 4.69) is 47.0 Å². The molecule has 0 aliphatic carbocycles. The molecule has 3 aromatic carbocycles. The molecule has 6 rings (SSSR count). The number of halogens is 3. The van der Waals surface area contributed by atoms with E-state index in [0.717, 1.165) is 49.0 Å². The van der Waals surface area contributed by atoms with Crippen LogP contribution in [0.4, 0.5) is 13.2 Å². The number of amides is 3. The third-order valence-electron chi connectivity index (χ3n) is 9.88. The molecule has 50 heavy (non-hydrogen) atoms. The molecule has 0 aromatic heterocycles. The lowest BCUT2D eigenvalue weighted by molar-refractivity contribution is -0.192. The van der Waals surface area contributed by atoms with Crippen LogP contribution in [0.2, 0.25) is 0 Å². The highest BCUT2D eigenvalue weighted by Gasteiger charge is 2.45. The van der Waals surface area contributed by atoms with Gasteiger partial charge in [0.25, 0.3) is 0 Å². The molecule has 12 heteroatoms. The minimum atomic E-state index is -5.08. The van der Waals surface area contributed by atoms with Gasteiger partial charge in [-0.1, -0.05) is 91.0 Å². The molecule has 1 unspecified atom stereocenters. The first-order chi connectivity index (χ1) is 24.0. The Balaban J connectivity index is 0.000000630. The highest BCUT2D eigenvalue weighted by Crippen LogP contribution is 2.43. The van der Waals surface area contributed by atoms with Gasteiger partial charge in [-0.3, -0.25) is 14.4 Å². The van der Waals surface area contributed by atoms with Gasteiger partial charge in [-0.05, 0) is 67.8 Å². The molecule has 266 valence electrons. The summed E-state index contributed by atoms with van der Waals surface area (Å²) < 4.78 is 31.7. The largest absolute Gasteiger partial charge is 0.490 e. The van der Waals surface area contributed by atoms with E-state index in [-0.39, 0.29) is 24.1 Å². The number of rotatable bonds is 9. The zero-order valence-electron chi connectivity index (χ0n) is 27.8. The predicted octanol–water partition coefficient (Wildman–Crippen LogP) is 4.75. The van der Waals surface area contributed by atoms with Crippen molar-refractivity contribution in [2.75, 3.05) is 32.7 Å². The molecule has 3 heterocycles. The van der Waals surface area contributed by atoms with E-state index in [1.165, 1.54) is 0 Å². The monoisotopic (exact) mass is 692 g/mol. The van der Waals surface area contributed by atoms with Gasteiger partial charge in [-0.25, -0.2) is 4.79 Å². The predicted molar refractivity (Wildman–Crippen MR) is 181 cm³/mol. The molecule has 3 aliphatic rings. The van der Waals surface area contributed by atoms with Gasteiger partial charge in [0.05, 0.1) is 5.41 Å². The van der Waals surface area contributed by atoms with Crippen LogP contribution in [0.25, 0.3) is 0 Å². The first-order valence-corrected chi connectivity index (χ1v) is 17.1. The summed E-state index contributed by atoms with van der Waals surface area (Å²) in [7, 11) is 0. The van der Waals surface area contributed by atoms with Crippen molar-refractivity contribution < 1.29 is 37.5 Å². The number of benzene rings is 3. The van der Waals surface area contributed by atoms with Crippen LogP contribution in [0.15, 0.2) is 91.0 Å². The second-order valence-electron chi connectivity index (χ2n) is 13.0. The Morgan fingerprint density at radius 1 is 0.740 bits per heavy atom. The number of alkyl halides is 3. The van der Waals surface area contributed by atoms with E-state index in [9.17, 15) is 27.6 Å². The summed E-state index contributed by atoms with van der Waals surface area (Å²) in [6.07, 6.45) is -0.957. The third-order valence-corrected chi connectivity index (χ3v) is 9.88. The number of nitrogens with zero attached hydrogens (tertiary/aromatic N) is 2. The maximum Gasteiger partial charge on any atom is 0.490 e. The van der Waals surface area contributed by atoms with Gasteiger partial charge in [0, 0.05) is 26.1 Å². The van der Waals surface area contributed by atoms with E-state index in [1.807, 2.05) is 54.6 Å². The number of carbonyl (C=O) groups is 4. The van der Waals surface area contributed by atoms with Crippen molar-refractivity contribution in [3.63, 3.8) is 0 Å². The number of carbonyl (C=O) groups excluding carboxylic acids is 3. The molecular formula is C38H43F3N4O5. The molecule has 3 aromatic rings. The molecule has 3 saturated heterocycles. The highest BCUT2D eigenvalue weighted by atomic mass is 19.4. The van der Waals surface area contributed by atoms with Crippen molar-refractivity contribution in [2.24, 2.45) is 5.92 Å². The number of hydrogen-bond donors (Lipinski definition) is 3. The van der Waals surface area contributed by atoms with Gasteiger partial charge in [0.2, 0.25) is 17.7 Å². The third kappa shape index (κ3) is 8.35. The Hall–Kier alpha value is -4.71. The van der Waals surface area contributed by atoms with Gasteiger partial charge in [-0.15, -0.1) is 0 Å². The van der Waals surface area contributed by atoms with Crippen molar-refractivity contribution in [1.29, 1.82) is 0 Å². The number of aliphatic carboxylic acids is 1. The summed E-state index contributed by atoms with van der Waals surface area (Å²) in [5.74, 6) is -2.51.